The van der Waals surface area contributed by atoms with E-state index in [4.69, 9.17) is 0 Å². The van der Waals surface area contributed by atoms with Crippen LogP contribution in [0.25, 0.3) is 0 Å². The van der Waals surface area contributed by atoms with E-state index in [1.807, 2.05) is 24.5 Å². The molecular weight excluding hydrogens is 391 g/mol. The molecule has 1 atom stereocenters. The Hall–Kier alpha value is -3.00. The first-order valence-corrected chi connectivity index (χ1v) is 10.2. The van der Waals surface area contributed by atoms with Crippen LogP contribution in [-0.4, -0.2) is 32.2 Å². The first-order valence-electron chi connectivity index (χ1n) is 9.20. The highest BCUT2D eigenvalue weighted by Crippen LogP contribution is 2.22. The van der Waals surface area contributed by atoms with Crippen molar-refractivity contribution in [3.8, 4) is 0 Å². The molecule has 0 aliphatic rings. The molecule has 0 spiro atoms. The van der Waals surface area contributed by atoms with E-state index in [-0.39, 0.29) is 29.3 Å². The van der Waals surface area contributed by atoms with E-state index in [0.29, 0.717) is 28.7 Å². The van der Waals surface area contributed by atoms with Crippen LogP contribution in [0.15, 0.2) is 59.8 Å². The van der Waals surface area contributed by atoms with E-state index in [9.17, 15) is 14.0 Å². The number of Topliss-reactive ketones (excluding diaryl/α,β-unsaturated/α-hetero) is 1. The zero-order valence-electron chi connectivity index (χ0n) is 16.1. The normalized spacial score (nSPS) is 11.8. The van der Waals surface area contributed by atoms with Crippen LogP contribution >= 0.6 is 11.8 Å². The number of hydrogen-bond acceptors (Lipinski definition) is 5. The molecule has 0 aliphatic carbocycles. The number of thioether (sulfide) groups is 1. The molecule has 150 valence electrons. The fraction of sp³-hybridized carbons (Fsp3) is 0.238. The molecule has 0 aliphatic heterocycles. The summed E-state index contributed by atoms with van der Waals surface area (Å²) in [5.74, 6) is 0.0934. The summed E-state index contributed by atoms with van der Waals surface area (Å²) in [6.45, 7) is 4.39. The van der Waals surface area contributed by atoms with Crippen molar-refractivity contribution in [1.82, 2.24) is 20.1 Å². The highest BCUT2D eigenvalue weighted by atomic mass is 32.2. The summed E-state index contributed by atoms with van der Waals surface area (Å²) in [5, 5.41) is 11.9. The molecule has 0 fully saturated rings. The van der Waals surface area contributed by atoms with Gasteiger partial charge in [0.2, 0.25) is 0 Å². The largest absolute Gasteiger partial charge is 0.342 e. The molecule has 8 heteroatoms. The Morgan fingerprint density at radius 3 is 2.41 bits per heavy atom. The van der Waals surface area contributed by atoms with E-state index in [0.717, 1.165) is 0 Å². The van der Waals surface area contributed by atoms with Gasteiger partial charge in [-0.05, 0) is 50.2 Å². The van der Waals surface area contributed by atoms with Crippen molar-refractivity contribution in [1.29, 1.82) is 0 Å². The van der Waals surface area contributed by atoms with Crippen molar-refractivity contribution in [2.75, 3.05) is 5.75 Å². The fourth-order valence-electron chi connectivity index (χ4n) is 2.81. The van der Waals surface area contributed by atoms with Gasteiger partial charge >= 0.3 is 0 Å². The lowest BCUT2D eigenvalue weighted by Gasteiger charge is -2.15. The van der Waals surface area contributed by atoms with Gasteiger partial charge in [-0.1, -0.05) is 30.0 Å². The van der Waals surface area contributed by atoms with Gasteiger partial charge in [-0.15, -0.1) is 10.2 Å². The SMILES string of the molecule is CCn1c(SCC(=O)c2ccc(F)cc2)nnc1[C@@H](C)NC(=O)c1ccccc1. The summed E-state index contributed by atoms with van der Waals surface area (Å²) in [5.41, 5.74) is 1.02. The Morgan fingerprint density at radius 2 is 1.76 bits per heavy atom. The number of rotatable bonds is 8. The predicted octanol–water partition coefficient (Wildman–Crippen LogP) is 3.90. The average molecular weight is 412 g/mol. The van der Waals surface area contributed by atoms with Gasteiger partial charge in [0, 0.05) is 17.7 Å². The lowest BCUT2D eigenvalue weighted by atomic mass is 10.1. The molecule has 1 amide bonds. The molecule has 3 aromatic rings. The maximum absolute atomic E-state index is 13.0. The van der Waals surface area contributed by atoms with Crippen LogP contribution in [-0.2, 0) is 6.54 Å². The summed E-state index contributed by atoms with van der Waals surface area (Å²) >= 11 is 1.27. The van der Waals surface area contributed by atoms with Gasteiger partial charge in [0.1, 0.15) is 5.82 Å². The number of nitrogens with zero attached hydrogens (tertiary/aromatic N) is 3. The Bertz CT molecular complexity index is 990. The maximum atomic E-state index is 13.0. The minimum atomic E-state index is -0.379. The van der Waals surface area contributed by atoms with Crippen LogP contribution in [0.4, 0.5) is 4.39 Å². The summed E-state index contributed by atoms with van der Waals surface area (Å²) < 4.78 is 14.9. The lowest BCUT2D eigenvalue weighted by Crippen LogP contribution is -2.28. The summed E-state index contributed by atoms with van der Waals surface area (Å²) in [6, 6.07) is 14.1. The van der Waals surface area contributed by atoms with E-state index in [1.54, 1.807) is 24.3 Å². The lowest BCUT2D eigenvalue weighted by molar-refractivity contribution is 0.0936. The third-order valence-corrected chi connectivity index (χ3v) is 5.30. The molecule has 0 saturated heterocycles. The van der Waals surface area contributed by atoms with Crippen LogP contribution in [0.3, 0.4) is 0 Å². The quantitative estimate of drug-likeness (QED) is 0.448. The second kappa shape index (κ2) is 9.47. The molecular formula is C21H21FN4O2S. The maximum Gasteiger partial charge on any atom is 0.251 e. The van der Waals surface area contributed by atoms with Gasteiger partial charge in [-0.2, -0.15) is 0 Å². The molecule has 2 aromatic carbocycles. The molecule has 0 saturated carbocycles. The van der Waals surface area contributed by atoms with Crippen LogP contribution in [0.5, 0.6) is 0 Å². The Morgan fingerprint density at radius 1 is 1.07 bits per heavy atom. The molecule has 3 rings (SSSR count). The number of hydrogen-bond donors (Lipinski definition) is 1. The molecule has 6 nitrogen and oxygen atoms in total. The Balaban J connectivity index is 1.67. The fourth-order valence-corrected chi connectivity index (χ4v) is 3.71. The standard InChI is InChI=1S/C21H21FN4O2S/c1-3-26-19(14(2)23-20(28)16-7-5-4-6-8-16)24-25-21(26)29-13-18(27)15-9-11-17(22)12-10-15/h4-12,14H,3,13H2,1-2H3,(H,23,28)/t14-/m1/s1. The van der Waals surface area contributed by atoms with Crippen molar-refractivity contribution in [2.24, 2.45) is 0 Å². The van der Waals surface area contributed by atoms with Crippen molar-refractivity contribution in [3.05, 3.63) is 77.4 Å². The van der Waals surface area contributed by atoms with Gasteiger partial charge in [-0.3, -0.25) is 9.59 Å². The number of aromatic nitrogens is 3. The number of benzene rings is 2. The molecule has 0 radical (unpaired) electrons. The third-order valence-electron chi connectivity index (χ3n) is 4.33. The molecule has 0 unspecified atom stereocenters. The molecule has 1 aromatic heterocycles. The topological polar surface area (TPSA) is 76.9 Å². The van der Waals surface area contributed by atoms with E-state index < -0.39 is 0 Å². The summed E-state index contributed by atoms with van der Waals surface area (Å²) in [7, 11) is 0. The first-order chi connectivity index (χ1) is 14.0. The smallest absolute Gasteiger partial charge is 0.251 e. The zero-order chi connectivity index (χ0) is 20.8. The van der Waals surface area contributed by atoms with Crippen LogP contribution in [0.1, 0.15) is 46.4 Å². The number of carbonyl (C=O) groups is 2. The monoisotopic (exact) mass is 412 g/mol. The predicted molar refractivity (Wildman–Crippen MR) is 109 cm³/mol. The molecule has 1 heterocycles. The van der Waals surface area contributed by atoms with Crippen molar-refractivity contribution in [2.45, 2.75) is 31.6 Å². The third kappa shape index (κ3) is 5.08. The Kier molecular flexibility index (Phi) is 6.77. The second-order valence-corrected chi connectivity index (χ2v) is 7.31. The van der Waals surface area contributed by atoms with E-state index >= 15 is 0 Å². The number of amides is 1. The van der Waals surface area contributed by atoms with E-state index in [2.05, 4.69) is 15.5 Å². The molecule has 29 heavy (non-hydrogen) atoms. The van der Waals surface area contributed by atoms with Gasteiger partial charge in [0.15, 0.2) is 16.8 Å². The van der Waals surface area contributed by atoms with Gasteiger partial charge in [0.25, 0.3) is 5.91 Å². The van der Waals surface area contributed by atoms with Crippen LogP contribution < -0.4 is 5.32 Å². The number of nitrogens with one attached hydrogen (secondary N) is 1. The van der Waals surface area contributed by atoms with Gasteiger partial charge in [-0.25, -0.2) is 4.39 Å². The highest BCUT2D eigenvalue weighted by molar-refractivity contribution is 7.99. The van der Waals surface area contributed by atoms with E-state index in [1.165, 1.54) is 36.0 Å². The van der Waals surface area contributed by atoms with Crippen LogP contribution in [0.2, 0.25) is 0 Å². The van der Waals surface area contributed by atoms with Gasteiger partial charge in [0.05, 0.1) is 11.8 Å². The van der Waals surface area contributed by atoms with Crippen LogP contribution in [0, 0.1) is 5.82 Å². The number of ketones is 1. The highest BCUT2D eigenvalue weighted by Gasteiger charge is 2.20. The number of halogens is 1. The zero-order valence-corrected chi connectivity index (χ0v) is 16.9. The minimum Gasteiger partial charge on any atom is -0.342 e. The van der Waals surface area contributed by atoms with Crippen molar-refractivity contribution in [3.63, 3.8) is 0 Å². The average Bonchev–Trinajstić information content (AvgIpc) is 3.16. The summed E-state index contributed by atoms with van der Waals surface area (Å²) in [6.07, 6.45) is 0. The second-order valence-electron chi connectivity index (χ2n) is 6.36. The first kappa shape index (κ1) is 20.7. The van der Waals surface area contributed by atoms with Crippen molar-refractivity contribution >= 4 is 23.5 Å². The number of carbonyl (C=O) groups excluding carboxylic acids is 2. The minimum absolute atomic E-state index is 0.118. The molecule has 0 bridgehead atoms. The van der Waals surface area contributed by atoms with Gasteiger partial charge < -0.3 is 9.88 Å². The molecule has 1 N–H and O–H groups in total. The summed E-state index contributed by atoms with van der Waals surface area (Å²) in [4.78, 5) is 24.7. The van der Waals surface area contributed by atoms with Crippen molar-refractivity contribution < 1.29 is 14.0 Å². The Labute approximate surface area is 172 Å².